The van der Waals surface area contributed by atoms with E-state index >= 15 is 0 Å². The van der Waals surface area contributed by atoms with Crippen molar-refractivity contribution in [2.45, 2.75) is 39.2 Å². The molecular formula is C19H24N2. The minimum Gasteiger partial charge on any atom is -0.312 e. The van der Waals surface area contributed by atoms with E-state index in [4.69, 9.17) is 0 Å². The van der Waals surface area contributed by atoms with Gasteiger partial charge < -0.3 is 5.32 Å². The van der Waals surface area contributed by atoms with Crippen LogP contribution in [0, 0.1) is 24.7 Å². The Labute approximate surface area is 127 Å². The minimum absolute atomic E-state index is 0.929. The average molecular weight is 280 g/mol. The third kappa shape index (κ3) is 2.57. The van der Waals surface area contributed by atoms with Crippen LogP contribution in [0.15, 0.2) is 30.3 Å². The van der Waals surface area contributed by atoms with Crippen LogP contribution in [0.2, 0.25) is 0 Å². The number of aryl methyl sites for hydroxylation is 1. The molecule has 2 aromatic rings. The van der Waals surface area contributed by atoms with Crippen LogP contribution in [-0.2, 0) is 6.54 Å². The maximum atomic E-state index is 4.63. The van der Waals surface area contributed by atoms with Crippen molar-refractivity contribution in [3.8, 4) is 0 Å². The highest BCUT2D eigenvalue weighted by atomic mass is 14.9. The van der Waals surface area contributed by atoms with E-state index in [0.29, 0.717) is 0 Å². The Morgan fingerprint density at radius 3 is 2.90 bits per heavy atom. The number of pyridine rings is 1. The lowest BCUT2D eigenvalue weighted by Crippen LogP contribution is -2.26. The number of hydrogen-bond acceptors (Lipinski definition) is 2. The summed E-state index contributed by atoms with van der Waals surface area (Å²) in [5, 5.41) is 5.02. The monoisotopic (exact) mass is 280 g/mol. The predicted molar refractivity (Wildman–Crippen MR) is 87.1 cm³/mol. The van der Waals surface area contributed by atoms with Crippen molar-refractivity contribution in [3.63, 3.8) is 0 Å². The number of aromatic nitrogens is 1. The lowest BCUT2D eigenvalue weighted by atomic mass is 9.89. The van der Waals surface area contributed by atoms with Crippen LogP contribution in [0.25, 0.3) is 10.9 Å². The molecule has 0 spiro atoms. The molecule has 4 rings (SSSR count). The van der Waals surface area contributed by atoms with Gasteiger partial charge >= 0.3 is 0 Å². The first-order valence-corrected chi connectivity index (χ1v) is 8.35. The Hall–Kier alpha value is -1.41. The van der Waals surface area contributed by atoms with Crippen molar-refractivity contribution in [2.75, 3.05) is 6.54 Å². The summed E-state index contributed by atoms with van der Waals surface area (Å²) in [5.74, 6) is 2.99. The lowest BCUT2D eigenvalue weighted by molar-refractivity contribution is 0.318. The molecule has 0 aliphatic heterocycles. The largest absolute Gasteiger partial charge is 0.312 e. The number of para-hydroxylation sites is 1. The number of nitrogens with one attached hydrogen (secondary N) is 1. The van der Waals surface area contributed by atoms with E-state index in [1.54, 1.807) is 0 Å². The molecule has 21 heavy (non-hydrogen) atoms. The highest BCUT2D eigenvalue weighted by Gasteiger charge is 2.38. The van der Waals surface area contributed by atoms with Crippen molar-refractivity contribution in [2.24, 2.45) is 17.8 Å². The maximum Gasteiger partial charge on any atom is 0.0708 e. The topological polar surface area (TPSA) is 24.9 Å². The Kier molecular flexibility index (Phi) is 3.42. The second kappa shape index (κ2) is 5.42. The molecule has 1 N–H and O–H groups in total. The molecule has 3 unspecified atom stereocenters. The summed E-state index contributed by atoms with van der Waals surface area (Å²) in [6, 6.07) is 10.7. The van der Waals surface area contributed by atoms with Gasteiger partial charge in [0.2, 0.25) is 0 Å². The molecular weight excluding hydrogens is 256 g/mol. The zero-order valence-electron chi connectivity index (χ0n) is 12.8. The summed E-state index contributed by atoms with van der Waals surface area (Å²) in [4.78, 5) is 4.63. The Bertz CT molecular complexity index is 649. The lowest BCUT2D eigenvalue weighted by Gasteiger charge is -2.22. The van der Waals surface area contributed by atoms with Gasteiger partial charge in [0.1, 0.15) is 0 Å². The summed E-state index contributed by atoms with van der Waals surface area (Å²) in [6.07, 6.45) is 5.95. The van der Waals surface area contributed by atoms with Crippen molar-refractivity contribution in [3.05, 3.63) is 41.6 Å². The summed E-state index contributed by atoms with van der Waals surface area (Å²) in [5.41, 5.74) is 3.63. The van der Waals surface area contributed by atoms with Crippen LogP contribution in [-0.4, -0.2) is 11.5 Å². The van der Waals surface area contributed by atoms with Gasteiger partial charge in [-0.2, -0.15) is 0 Å². The molecule has 0 amide bonds. The number of benzene rings is 1. The van der Waals surface area contributed by atoms with E-state index in [9.17, 15) is 0 Å². The number of nitrogens with zero attached hydrogens (tertiary/aromatic N) is 1. The van der Waals surface area contributed by atoms with Gasteiger partial charge in [-0.15, -0.1) is 0 Å². The molecule has 1 aromatic heterocycles. The van der Waals surface area contributed by atoms with Crippen LogP contribution in [0.4, 0.5) is 0 Å². The third-order valence-corrected chi connectivity index (χ3v) is 5.54. The molecule has 2 saturated carbocycles. The molecule has 0 radical (unpaired) electrons. The molecule has 2 heteroatoms. The molecule has 2 fully saturated rings. The van der Waals surface area contributed by atoms with E-state index in [-0.39, 0.29) is 0 Å². The van der Waals surface area contributed by atoms with E-state index < -0.39 is 0 Å². The molecule has 3 atom stereocenters. The van der Waals surface area contributed by atoms with Gasteiger partial charge in [0.25, 0.3) is 0 Å². The first-order chi connectivity index (χ1) is 10.3. The highest BCUT2D eigenvalue weighted by Crippen LogP contribution is 2.47. The van der Waals surface area contributed by atoms with E-state index in [1.165, 1.54) is 43.2 Å². The molecule has 2 bridgehead atoms. The third-order valence-electron chi connectivity index (χ3n) is 5.54. The first-order valence-electron chi connectivity index (χ1n) is 8.35. The van der Waals surface area contributed by atoms with Crippen LogP contribution >= 0.6 is 0 Å². The molecule has 2 aliphatic rings. The predicted octanol–water partition coefficient (Wildman–Crippen LogP) is 4.07. The van der Waals surface area contributed by atoms with E-state index in [1.807, 2.05) is 0 Å². The zero-order chi connectivity index (χ0) is 14.2. The summed E-state index contributed by atoms with van der Waals surface area (Å²) in [7, 11) is 0. The number of hydrogen-bond donors (Lipinski definition) is 1. The normalized spacial score (nSPS) is 27.6. The molecule has 2 aliphatic carbocycles. The number of fused-ring (bicyclic) bond motifs is 3. The highest BCUT2D eigenvalue weighted by molar-refractivity contribution is 5.82. The molecule has 2 nitrogen and oxygen atoms in total. The zero-order valence-corrected chi connectivity index (χ0v) is 12.8. The average Bonchev–Trinajstić information content (AvgIpc) is 3.09. The quantitative estimate of drug-likeness (QED) is 0.913. The van der Waals surface area contributed by atoms with Gasteiger partial charge in [0, 0.05) is 17.6 Å². The van der Waals surface area contributed by atoms with Gasteiger partial charge in [-0.25, -0.2) is 0 Å². The molecule has 1 heterocycles. The standard InChI is InChI=1S/C19H24N2/c1-13-8-17(18-4-2-3-5-19(18)21-13)12-20-11-16-10-14-6-7-15(16)9-14/h2-5,8,14-16,20H,6-7,9-12H2,1H3. The second-order valence-electron chi connectivity index (χ2n) is 7.01. The summed E-state index contributed by atoms with van der Waals surface area (Å²) >= 11 is 0. The van der Waals surface area contributed by atoms with Crippen LogP contribution in [0.3, 0.4) is 0 Å². The second-order valence-corrected chi connectivity index (χ2v) is 7.01. The first kappa shape index (κ1) is 13.3. The molecule has 110 valence electrons. The van der Waals surface area contributed by atoms with Crippen LogP contribution in [0.1, 0.15) is 36.9 Å². The van der Waals surface area contributed by atoms with Crippen molar-refractivity contribution >= 4 is 10.9 Å². The smallest absolute Gasteiger partial charge is 0.0708 e. The SMILES string of the molecule is Cc1cc(CNCC2CC3CCC2C3)c2ccccc2n1. The Morgan fingerprint density at radius 2 is 2.10 bits per heavy atom. The van der Waals surface area contributed by atoms with Crippen molar-refractivity contribution in [1.82, 2.24) is 10.3 Å². The van der Waals surface area contributed by atoms with E-state index in [2.05, 4.69) is 47.6 Å². The van der Waals surface area contributed by atoms with Crippen LogP contribution in [0.5, 0.6) is 0 Å². The fourth-order valence-corrected chi connectivity index (χ4v) is 4.56. The number of rotatable bonds is 4. The summed E-state index contributed by atoms with van der Waals surface area (Å²) in [6.45, 7) is 4.25. The van der Waals surface area contributed by atoms with Crippen molar-refractivity contribution < 1.29 is 0 Å². The Morgan fingerprint density at radius 1 is 1.19 bits per heavy atom. The maximum absolute atomic E-state index is 4.63. The van der Waals surface area contributed by atoms with Gasteiger partial charge in [-0.3, -0.25) is 4.98 Å². The molecule has 0 saturated heterocycles. The van der Waals surface area contributed by atoms with Crippen molar-refractivity contribution in [1.29, 1.82) is 0 Å². The van der Waals surface area contributed by atoms with Gasteiger partial charge in [0.05, 0.1) is 5.52 Å². The van der Waals surface area contributed by atoms with Crippen LogP contribution < -0.4 is 5.32 Å². The minimum atomic E-state index is 0.929. The summed E-state index contributed by atoms with van der Waals surface area (Å²) < 4.78 is 0. The Balaban J connectivity index is 1.45. The van der Waals surface area contributed by atoms with E-state index in [0.717, 1.165) is 35.5 Å². The fourth-order valence-electron chi connectivity index (χ4n) is 4.56. The molecule has 1 aromatic carbocycles. The fraction of sp³-hybridized carbons (Fsp3) is 0.526. The van der Waals surface area contributed by atoms with Gasteiger partial charge in [-0.1, -0.05) is 24.6 Å². The van der Waals surface area contributed by atoms with Gasteiger partial charge in [-0.05, 0) is 68.2 Å². The van der Waals surface area contributed by atoms with Gasteiger partial charge in [0.15, 0.2) is 0 Å².